The second kappa shape index (κ2) is 23.1. The van der Waals surface area contributed by atoms with Gasteiger partial charge in [-0.05, 0) is 105 Å². The molecule has 1 aromatic heterocycles. The number of hydrogen-bond acceptors (Lipinski definition) is 17. The van der Waals surface area contributed by atoms with E-state index < -0.39 is 114 Å². The van der Waals surface area contributed by atoms with Gasteiger partial charge in [-0.15, -0.1) is 0 Å². The third kappa shape index (κ3) is 11.9. The van der Waals surface area contributed by atoms with E-state index in [2.05, 4.69) is 10.4 Å². The Kier molecular flexibility index (Phi) is 18.4. The van der Waals surface area contributed by atoms with Gasteiger partial charge in [-0.25, -0.2) is 15.2 Å². The minimum absolute atomic E-state index is 0.106. The number of carbonyl (C=O) groups excluding carboxylic acids is 4. The number of likely N-dealkylation sites (N-methyl/N-ethyl adjacent to an activating group) is 1. The predicted molar refractivity (Wildman–Crippen MR) is 263 cm³/mol. The van der Waals surface area contributed by atoms with Crippen molar-refractivity contribution >= 4 is 34.7 Å². The zero-order valence-electron chi connectivity index (χ0n) is 44.7. The first-order valence-electron chi connectivity index (χ1n) is 25.5. The van der Waals surface area contributed by atoms with E-state index in [-0.39, 0.29) is 37.2 Å². The van der Waals surface area contributed by atoms with E-state index >= 15 is 9.59 Å². The van der Waals surface area contributed by atoms with Crippen molar-refractivity contribution in [3.8, 4) is 0 Å². The molecule has 0 spiro atoms. The first-order chi connectivity index (χ1) is 33.4. The normalized spacial score (nSPS) is 39.7. The number of benzene rings is 1. The van der Waals surface area contributed by atoms with Crippen molar-refractivity contribution in [3.63, 3.8) is 0 Å². The number of ketones is 1. The lowest BCUT2D eigenvalue weighted by Gasteiger charge is -2.50. The van der Waals surface area contributed by atoms with Gasteiger partial charge in [-0.3, -0.25) is 19.4 Å². The zero-order chi connectivity index (χ0) is 52.3. The maximum absolute atomic E-state index is 15.2. The molecule has 0 bridgehead atoms. The number of fused-ring (bicyclic) bond motifs is 2. The van der Waals surface area contributed by atoms with Crippen LogP contribution in [0, 0.1) is 23.7 Å². The number of carbonyl (C=O) groups is 4. The number of aryl methyl sites for hydroxylation is 1. The van der Waals surface area contributed by atoms with Gasteiger partial charge in [0.2, 0.25) is 0 Å². The fourth-order valence-electron chi connectivity index (χ4n) is 11.9. The van der Waals surface area contributed by atoms with Crippen molar-refractivity contribution in [2.24, 2.45) is 23.7 Å². The molecule has 0 radical (unpaired) electrons. The molecule has 1 aromatic carbocycles. The summed E-state index contributed by atoms with van der Waals surface area (Å²) < 4.78 is 57.9. The first-order valence-corrected chi connectivity index (χ1v) is 25.5. The zero-order valence-corrected chi connectivity index (χ0v) is 44.7. The average molecular weight is 999 g/mol. The van der Waals surface area contributed by atoms with E-state index in [9.17, 15) is 14.7 Å². The molecule has 4 fully saturated rings. The van der Waals surface area contributed by atoms with Gasteiger partial charge in [0.15, 0.2) is 24.3 Å². The standard InChI is InChI=1S/C53H82N4O14/c1-16-40-53(11)45(57(50(62)71-53)55-24-19-20-36-23-25-54-38-22-18-17-21-37(36)38)31(4)42(59)29(2)27-51(9,63-14)46(70-49-43(60)39(56(12)13)26-30(3)65-49)32(5)44(33(6)48(61)68-40)69-41-28-52(10,64-15)47(34(7)66-41)67-35(8)58/h17-18,21-23,25,29-34,39-41,43-47,49,55,60H,16,19-20,24,26-28H2,1-15H3/t29-,30-,31+,32+,33-,34?,39+,40-,41?,43-,44+,45-,46-,47?,49+,51-,52?,53-/m1/s1. The van der Waals surface area contributed by atoms with Crippen molar-refractivity contribution in [2.75, 3.05) is 34.9 Å². The molecule has 4 unspecified atom stereocenters. The number of methoxy groups -OCH3 is 2. The number of Topliss-reactive ketones (excluding diaryl/α,β-unsaturated/α-hetero) is 1. The van der Waals surface area contributed by atoms with Gasteiger partial charge in [0.25, 0.3) is 0 Å². The molecule has 6 rings (SSSR count). The monoisotopic (exact) mass is 999 g/mol. The molecule has 4 aliphatic heterocycles. The lowest BCUT2D eigenvalue weighted by molar-refractivity contribution is -0.320. The highest BCUT2D eigenvalue weighted by molar-refractivity contribution is 5.85. The molecule has 4 saturated heterocycles. The molecular weight excluding hydrogens is 917 g/mol. The highest BCUT2D eigenvalue weighted by atomic mass is 16.7. The van der Waals surface area contributed by atoms with Crippen LogP contribution in [0.15, 0.2) is 36.5 Å². The number of nitrogens with zero attached hydrogens (tertiary/aromatic N) is 3. The maximum Gasteiger partial charge on any atom is 0.425 e. The molecule has 18 atom stereocenters. The number of aliphatic hydroxyl groups is 1. The molecule has 2 aromatic rings. The molecule has 18 nitrogen and oxygen atoms in total. The van der Waals surface area contributed by atoms with Gasteiger partial charge in [-0.1, -0.05) is 45.9 Å². The van der Waals surface area contributed by atoms with E-state index in [1.165, 1.54) is 19.0 Å². The SMILES string of the molecule is CC[C@H]1OC(=O)[C@H](C)[C@@H](OC2CC(C)(OC)C(OC(C)=O)C(C)O2)[C@H](C)[C@@H](O[C@@H]2O[C@H](C)C[C@H](N(C)C)[C@H]2O)[C@](C)(OC)C[C@@H](C)C(=O)[C@H](C)[C@H]2N(NCCCc3ccnc4ccccc34)C(=O)O[C@]12C. The number of nitrogens with one attached hydrogen (secondary N) is 1. The number of aromatic nitrogens is 1. The predicted octanol–water partition coefficient (Wildman–Crippen LogP) is 6.16. The Morgan fingerprint density at radius 3 is 2.25 bits per heavy atom. The van der Waals surface area contributed by atoms with Crippen molar-refractivity contribution in [3.05, 3.63) is 42.1 Å². The molecule has 2 N–H and O–H groups in total. The topological polar surface area (TPSA) is 203 Å². The molecular formula is C53H82N4O14. The smallest absolute Gasteiger partial charge is 0.425 e. The molecule has 398 valence electrons. The van der Waals surface area contributed by atoms with Crippen LogP contribution in [0.25, 0.3) is 10.9 Å². The minimum atomic E-state index is -1.49. The van der Waals surface area contributed by atoms with E-state index in [1.807, 2.05) is 90.9 Å². The fraction of sp³-hybridized carbons (Fsp3) is 0.755. The number of amides is 1. The van der Waals surface area contributed by atoms with E-state index in [0.29, 0.717) is 25.8 Å². The van der Waals surface area contributed by atoms with Crippen LogP contribution in [-0.2, 0) is 63.4 Å². The van der Waals surface area contributed by atoms with Crippen molar-refractivity contribution < 1.29 is 66.9 Å². The van der Waals surface area contributed by atoms with Crippen molar-refractivity contribution in [2.45, 2.75) is 199 Å². The third-order valence-electron chi connectivity index (χ3n) is 15.9. The van der Waals surface area contributed by atoms with Crippen LogP contribution in [-0.4, -0.2) is 163 Å². The number of pyridine rings is 1. The van der Waals surface area contributed by atoms with Crippen LogP contribution >= 0.6 is 0 Å². The fourth-order valence-corrected chi connectivity index (χ4v) is 11.9. The van der Waals surface area contributed by atoms with Gasteiger partial charge < -0.3 is 52.6 Å². The number of ether oxygens (including phenoxy) is 9. The Hall–Kier alpha value is -3.85. The Morgan fingerprint density at radius 2 is 1.61 bits per heavy atom. The number of hydrogen-bond donors (Lipinski definition) is 2. The molecule has 18 heteroatoms. The molecule has 5 heterocycles. The van der Waals surface area contributed by atoms with Crippen LogP contribution in [0.4, 0.5) is 4.79 Å². The van der Waals surface area contributed by atoms with Crippen molar-refractivity contribution in [1.29, 1.82) is 0 Å². The average Bonchev–Trinajstić information content (AvgIpc) is 3.59. The summed E-state index contributed by atoms with van der Waals surface area (Å²) in [6, 6.07) is 8.72. The van der Waals surface area contributed by atoms with Gasteiger partial charge in [0.05, 0.1) is 41.5 Å². The van der Waals surface area contributed by atoms with Gasteiger partial charge in [0.1, 0.15) is 29.6 Å². The Labute approximate surface area is 420 Å². The highest BCUT2D eigenvalue weighted by Gasteiger charge is 2.61. The minimum Gasteiger partial charge on any atom is -0.458 e. The summed E-state index contributed by atoms with van der Waals surface area (Å²) >= 11 is 0. The van der Waals surface area contributed by atoms with Crippen LogP contribution in [0.3, 0.4) is 0 Å². The molecule has 1 amide bonds. The summed E-state index contributed by atoms with van der Waals surface area (Å²) in [4.78, 5) is 63.1. The second-order valence-electron chi connectivity index (χ2n) is 21.4. The number of aliphatic hydroxyl groups excluding tert-OH is 1. The van der Waals surface area contributed by atoms with E-state index in [1.54, 1.807) is 41.0 Å². The second-order valence-corrected chi connectivity index (χ2v) is 21.4. The van der Waals surface area contributed by atoms with E-state index in [0.717, 1.165) is 16.5 Å². The lowest BCUT2D eigenvalue weighted by Crippen LogP contribution is -2.62. The summed E-state index contributed by atoms with van der Waals surface area (Å²) in [5.74, 6) is -4.64. The van der Waals surface area contributed by atoms with E-state index in [4.69, 9.17) is 42.6 Å². The van der Waals surface area contributed by atoms with Crippen LogP contribution in [0.2, 0.25) is 0 Å². The van der Waals surface area contributed by atoms with Crippen LogP contribution in [0.1, 0.15) is 114 Å². The number of esters is 2. The molecule has 71 heavy (non-hydrogen) atoms. The summed E-state index contributed by atoms with van der Waals surface area (Å²) in [6.45, 7) is 19.8. The van der Waals surface area contributed by atoms with Crippen LogP contribution < -0.4 is 5.43 Å². The quantitative estimate of drug-likeness (QED) is 0.124. The Bertz CT molecular complexity index is 2160. The summed E-state index contributed by atoms with van der Waals surface area (Å²) in [7, 11) is 6.85. The Morgan fingerprint density at radius 1 is 0.930 bits per heavy atom. The van der Waals surface area contributed by atoms with Crippen LogP contribution in [0.5, 0.6) is 0 Å². The maximum atomic E-state index is 15.2. The first kappa shape index (κ1) is 56.4. The summed E-state index contributed by atoms with van der Waals surface area (Å²) in [6.07, 6.45) is -4.59. The number of hydrazine groups is 1. The summed E-state index contributed by atoms with van der Waals surface area (Å²) in [5, 5.41) is 14.3. The van der Waals surface area contributed by atoms with Crippen molar-refractivity contribution in [1.82, 2.24) is 20.3 Å². The number of rotatable bonds is 14. The molecule has 4 aliphatic rings. The summed E-state index contributed by atoms with van der Waals surface area (Å²) in [5.41, 5.74) is 1.49. The number of para-hydroxylation sites is 1. The lowest BCUT2D eigenvalue weighted by atomic mass is 9.73. The largest absolute Gasteiger partial charge is 0.458 e. The van der Waals surface area contributed by atoms with Gasteiger partial charge in [0, 0.05) is 69.5 Å². The molecule has 0 saturated carbocycles. The molecule has 0 aliphatic carbocycles. The van der Waals surface area contributed by atoms with Gasteiger partial charge in [-0.2, -0.15) is 0 Å². The Balaban J connectivity index is 1.40. The number of cyclic esters (lactones) is 1. The third-order valence-corrected chi connectivity index (χ3v) is 15.9. The highest BCUT2D eigenvalue weighted by Crippen LogP contribution is 2.45. The van der Waals surface area contributed by atoms with Gasteiger partial charge >= 0.3 is 18.0 Å².